The van der Waals surface area contributed by atoms with Crippen molar-refractivity contribution in [2.45, 2.75) is 45.1 Å². The van der Waals surface area contributed by atoms with E-state index in [2.05, 4.69) is 15.1 Å². The molecule has 9 heteroatoms. The number of aromatic amines is 1. The maximum atomic E-state index is 12.6. The van der Waals surface area contributed by atoms with Gasteiger partial charge in [0.05, 0.1) is 29.8 Å². The summed E-state index contributed by atoms with van der Waals surface area (Å²) in [4.78, 5) is 34.4. The Labute approximate surface area is 178 Å². The van der Waals surface area contributed by atoms with Crippen LogP contribution in [0.1, 0.15) is 25.0 Å². The third kappa shape index (κ3) is 3.99. The first-order valence-electron chi connectivity index (χ1n) is 9.94. The fraction of sp³-hybridized carbons (Fsp3) is 0.429. The van der Waals surface area contributed by atoms with Gasteiger partial charge in [-0.3, -0.25) is 9.59 Å². The first kappa shape index (κ1) is 20.6. The number of ether oxygens (including phenoxy) is 1. The first-order valence-corrected chi connectivity index (χ1v) is 10.9. The van der Waals surface area contributed by atoms with E-state index in [0.29, 0.717) is 29.3 Å². The van der Waals surface area contributed by atoms with E-state index in [1.807, 2.05) is 50.8 Å². The number of H-pyrrole nitrogens is 1. The smallest absolute Gasteiger partial charge is 0.262 e. The van der Waals surface area contributed by atoms with E-state index < -0.39 is 0 Å². The molecule has 2 unspecified atom stereocenters. The standard InChI is InChI=1S/C21H25N5O3S/c1-12-6-5-7-17(15(12)4)26-19-16(8-22-26)20(28)24-21(23-19)30-11-18(27)25-9-13(2)29-14(3)10-25/h5-8,13-14H,9-11H2,1-4H3,(H,23,24,28). The molecule has 30 heavy (non-hydrogen) atoms. The zero-order chi connectivity index (χ0) is 21.4. The highest BCUT2D eigenvalue weighted by atomic mass is 32.2. The number of nitrogens with one attached hydrogen (secondary N) is 1. The molecule has 158 valence electrons. The molecular formula is C21H25N5O3S. The number of fused-ring (bicyclic) bond motifs is 1. The minimum Gasteiger partial charge on any atom is -0.372 e. The summed E-state index contributed by atoms with van der Waals surface area (Å²) in [6.07, 6.45) is 1.56. The molecule has 8 nitrogen and oxygen atoms in total. The molecule has 1 N–H and O–H groups in total. The summed E-state index contributed by atoms with van der Waals surface area (Å²) < 4.78 is 7.37. The van der Waals surface area contributed by atoms with Crippen molar-refractivity contribution in [1.29, 1.82) is 0 Å². The number of rotatable bonds is 4. The summed E-state index contributed by atoms with van der Waals surface area (Å²) in [5, 5.41) is 5.21. The minimum absolute atomic E-state index is 0.00721. The lowest BCUT2D eigenvalue weighted by molar-refractivity contribution is -0.140. The van der Waals surface area contributed by atoms with Crippen LogP contribution in [0.4, 0.5) is 0 Å². The number of carbonyl (C=O) groups is 1. The fourth-order valence-corrected chi connectivity index (χ4v) is 4.47. The molecule has 1 aliphatic heterocycles. The van der Waals surface area contributed by atoms with Crippen LogP contribution in [0.2, 0.25) is 0 Å². The second-order valence-electron chi connectivity index (χ2n) is 7.73. The normalized spacial score (nSPS) is 19.4. The zero-order valence-corrected chi connectivity index (χ0v) is 18.3. The van der Waals surface area contributed by atoms with Crippen LogP contribution in [0.25, 0.3) is 16.7 Å². The van der Waals surface area contributed by atoms with Crippen LogP contribution in [0.5, 0.6) is 0 Å². The maximum absolute atomic E-state index is 12.6. The van der Waals surface area contributed by atoms with Crippen LogP contribution in [0.3, 0.4) is 0 Å². The van der Waals surface area contributed by atoms with Crippen LogP contribution in [-0.4, -0.2) is 61.6 Å². The highest BCUT2D eigenvalue weighted by Crippen LogP contribution is 2.22. The Morgan fingerprint density at radius 3 is 2.73 bits per heavy atom. The van der Waals surface area contributed by atoms with Gasteiger partial charge in [0, 0.05) is 13.1 Å². The number of aromatic nitrogens is 4. The Balaban J connectivity index is 1.59. The Morgan fingerprint density at radius 2 is 2.00 bits per heavy atom. The SMILES string of the molecule is Cc1cccc(-n2ncc3c(=O)[nH]c(SCC(=O)N4CC(C)OC(C)C4)nc32)c1C. The number of morpholine rings is 1. The molecule has 4 rings (SSSR count). The van der Waals surface area contributed by atoms with E-state index in [9.17, 15) is 9.59 Å². The van der Waals surface area contributed by atoms with Crippen molar-refractivity contribution in [2.75, 3.05) is 18.8 Å². The van der Waals surface area contributed by atoms with Crippen molar-refractivity contribution < 1.29 is 9.53 Å². The predicted octanol–water partition coefficient (Wildman–Crippen LogP) is 2.45. The summed E-state index contributed by atoms with van der Waals surface area (Å²) in [5.74, 6) is 0.207. The summed E-state index contributed by atoms with van der Waals surface area (Å²) >= 11 is 1.23. The molecule has 0 aliphatic carbocycles. The number of thioether (sulfide) groups is 1. The lowest BCUT2D eigenvalue weighted by atomic mass is 10.1. The lowest BCUT2D eigenvalue weighted by Crippen LogP contribution is -2.48. The summed E-state index contributed by atoms with van der Waals surface area (Å²) in [7, 11) is 0. The number of amides is 1. The number of hydrogen-bond acceptors (Lipinski definition) is 6. The predicted molar refractivity (Wildman–Crippen MR) is 116 cm³/mol. The molecule has 1 aliphatic rings. The summed E-state index contributed by atoms with van der Waals surface area (Å²) in [6, 6.07) is 5.94. The second kappa shape index (κ2) is 8.23. The molecular weight excluding hydrogens is 402 g/mol. The Kier molecular flexibility index (Phi) is 5.66. The Morgan fingerprint density at radius 1 is 1.27 bits per heavy atom. The van der Waals surface area contributed by atoms with Gasteiger partial charge in [0.1, 0.15) is 5.39 Å². The number of nitrogens with zero attached hydrogens (tertiary/aromatic N) is 4. The van der Waals surface area contributed by atoms with Crippen molar-refractivity contribution in [1.82, 2.24) is 24.6 Å². The Bertz CT molecular complexity index is 1150. The highest BCUT2D eigenvalue weighted by Gasteiger charge is 2.26. The summed E-state index contributed by atoms with van der Waals surface area (Å²) in [6.45, 7) is 9.13. The average Bonchev–Trinajstić information content (AvgIpc) is 3.12. The zero-order valence-electron chi connectivity index (χ0n) is 17.5. The molecule has 2 atom stereocenters. The van der Waals surface area contributed by atoms with E-state index in [1.54, 1.807) is 4.68 Å². The quantitative estimate of drug-likeness (QED) is 0.508. The van der Waals surface area contributed by atoms with Gasteiger partial charge in [-0.15, -0.1) is 0 Å². The van der Waals surface area contributed by atoms with Crippen LogP contribution in [0, 0.1) is 13.8 Å². The maximum Gasteiger partial charge on any atom is 0.262 e. The molecule has 1 fully saturated rings. The van der Waals surface area contributed by atoms with Crippen LogP contribution >= 0.6 is 11.8 Å². The first-order chi connectivity index (χ1) is 14.3. The monoisotopic (exact) mass is 427 g/mol. The van der Waals surface area contributed by atoms with Crippen molar-refractivity contribution >= 4 is 28.7 Å². The number of benzene rings is 1. The molecule has 0 spiro atoms. The largest absolute Gasteiger partial charge is 0.372 e. The van der Waals surface area contributed by atoms with Gasteiger partial charge in [0.25, 0.3) is 5.56 Å². The van der Waals surface area contributed by atoms with E-state index in [0.717, 1.165) is 16.8 Å². The highest BCUT2D eigenvalue weighted by molar-refractivity contribution is 7.99. The molecule has 3 heterocycles. The van der Waals surface area contributed by atoms with E-state index >= 15 is 0 Å². The molecule has 2 aromatic heterocycles. The van der Waals surface area contributed by atoms with E-state index in [1.165, 1.54) is 18.0 Å². The van der Waals surface area contributed by atoms with Gasteiger partial charge in [-0.05, 0) is 44.9 Å². The number of aryl methyl sites for hydroxylation is 1. The van der Waals surface area contributed by atoms with Crippen LogP contribution in [0.15, 0.2) is 34.3 Å². The topological polar surface area (TPSA) is 93.1 Å². The van der Waals surface area contributed by atoms with Gasteiger partial charge in [-0.1, -0.05) is 23.9 Å². The fourth-order valence-electron chi connectivity index (χ4n) is 3.71. The van der Waals surface area contributed by atoms with Gasteiger partial charge in [-0.2, -0.15) is 5.10 Å². The molecule has 1 aromatic carbocycles. The lowest BCUT2D eigenvalue weighted by Gasteiger charge is -2.35. The van der Waals surface area contributed by atoms with Gasteiger partial charge in [0.2, 0.25) is 5.91 Å². The number of carbonyl (C=O) groups excluding carboxylic acids is 1. The second-order valence-corrected chi connectivity index (χ2v) is 8.69. The van der Waals surface area contributed by atoms with Crippen molar-refractivity contribution in [3.05, 3.63) is 45.9 Å². The third-order valence-electron chi connectivity index (χ3n) is 5.33. The van der Waals surface area contributed by atoms with Gasteiger partial charge in [-0.25, -0.2) is 9.67 Å². The van der Waals surface area contributed by atoms with E-state index in [4.69, 9.17) is 4.74 Å². The van der Waals surface area contributed by atoms with Gasteiger partial charge in [0.15, 0.2) is 10.8 Å². The van der Waals surface area contributed by atoms with Gasteiger partial charge < -0.3 is 14.6 Å². The average molecular weight is 428 g/mol. The molecule has 1 saturated heterocycles. The molecule has 0 bridgehead atoms. The summed E-state index contributed by atoms with van der Waals surface area (Å²) in [5.41, 5.74) is 3.31. The third-order valence-corrected chi connectivity index (χ3v) is 6.18. The van der Waals surface area contributed by atoms with Crippen molar-refractivity contribution in [3.8, 4) is 5.69 Å². The van der Waals surface area contributed by atoms with E-state index in [-0.39, 0.29) is 29.4 Å². The minimum atomic E-state index is -0.264. The van der Waals surface area contributed by atoms with Crippen LogP contribution < -0.4 is 5.56 Å². The van der Waals surface area contributed by atoms with Crippen molar-refractivity contribution in [3.63, 3.8) is 0 Å². The Hall–Kier alpha value is -2.65. The van der Waals surface area contributed by atoms with Crippen LogP contribution in [-0.2, 0) is 9.53 Å². The molecule has 0 radical (unpaired) electrons. The molecule has 3 aromatic rings. The molecule has 1 amide bonds. The molecule has 0 saturated carbocycles. The van der Waals surface area contributed by atoms with Crippen molar-refractivity contribution in [2.24, 2.45) is 0 Å². The van der Waals surface area contributed by atoms with Gasteiger partial charge >= 0.3 is 0 Å². The number of hydrogen-bond donors (Lipinski definition) is 1.